The molecular formula is C32H36N10O8S4. The fourth-order valence-electron chi connectivity index (χ4n) is 4.59. The minimum absolute atomic E-state index is 0.0181. The molecule has 0 atom stereocenters. The molecule has 5 rings (SSSR count). The first kappa shape index (κ1) is 40.1. The average molecular weight is 817 g/mol. The molecule has 0 saturated carbocycles. The Kier molecular flexibility index (Phi) is 12.6. The van der Waals surface area contributed by atoms with Gasteiger partial charge in [0, 0.05) is 31.2 Å². The summed E-state index contributed by atoms with van der Waals surface area (Å²) in [6.45, 7) is 5.09. The molecule has 0 saturated heterocycles. The Hall–Kier alpha value is -5.06. The van der Waals surface area contributed by atoms with Gasteiger partial charge in [-0.3, -0.25) is 0 Å². The van der Waals surface area contributed by atoms with E-state index in [2.05, 4.69) is 41.7 Å². The number of nitrogens with zero attached hydrogens (tertiary/aromatic N) is 8. The molecule has 0 bridgehead atoms. The second-order valence-corrected chi connectivity index (χ2v) is 19.1. The van der Waals surface area contributed by atoms with Crippen molar-refractivity contribution >= 4 is 55.4 Å². The number of sulfone groups is 2. The Morgan fingerprint density at radius 1 is 0.704 bits per heavy atom. The Balaban J connectivity index is 1.72. The van der Waals surface area contributed by atoms with E-state index in [-0.39, 0.29) is 56.2 Å². The third-order valence-electron chi connectivity index (χ3n) is 7.12. The summed E-state index contributed by atoms with van der Waals surface area (Å²) >= 11 is 1.97. The highest BCUT2D eigenvalue weighted by atomic mass is 32.2. The zero-order valence-corrected chi connectivity index (χ0v) is 32.9. The summed E-state index contributed by atoms with van der Waals surface area (Å²) in [6.07, 6.45) is 0.182. The molecule has 2 aromatic heterocycles. The number of carbonyl (C=O) groups is 2. The summed E-state index contributed by atoms with van der Waals surface area (Å²) in [5, 5.41) is 29.9. The van der Waals surface area contributed by atoms with Crippen LogP contribution in [0, 0.1) is 0 Å². The van der Waals surface area contributed by atoms with Gasteiger partial charge < -0.3 is 20.1 Å². The lowest BCUT2D eigenvalue weighted by Gasteiger charge is -2.27. The molecule has 0 aliphatic heterocycles. The molecule has 22 heteroatoms. The zero-order chi connectivity index (χ0) is 39.1. The molecule has 0 radical (unpaired) electrons. The number of nitrogens with one attached hydrogen (secondary N) is 2. The van der Waals surface area contributed by atoms with Crippen LogP contribution >= 0.6 is 23.5 Å². The van der Waals surface area contributed by atoms with Crippen LogP contribution in [-0.4, -0.2) is 107 Å². The fraction of sp³-hybridized carbons (Fsp3) is 0.312. The lowest BCUT2D eigenvalue weighted by atomic mass is 9.86. The zero-order valence-electron chi connectivity index (χ0n) is 29.7. The minimum atomic E-state index is -3.40. The van der Waals surface area contributed by atoms with E-state index in [4.69, 9.17) is 9.47 Å². The summed E-state index contributed by atoms with van der Waals surface area (Å²) in [6, 6.07) is 19.6. The number of carbonyl (C=O) groups excluding carboxylic acids is 2. The van der Waals surface area contributed by atoms with Gasteiger partial charge in [0.25, 0.3) is 0 Å². The van der Waals surface area contributed by atoms with Gasteiger partial charge in [0.2, 0.25) is 10.3 Å². The highest BCUT2D eigenvalue weighted by molar-refractivity contribution is 8.02. The number of hydrogen-bond acceptors (Lipinski definition) is 16. The van der Waals surface area contributed by atoms with Gasteiger partial charge in [0.1, 0.15) is 25.4 Å². The Bertz CT molecular complexity index is 2330. The van der Waals surface area contributed by atoms with Crippen molar-refractivity contribution in [2.24, 2.45) is 0 Å². The topological polar surface area (TPSA) is 232 Å². The van der Waals surface area contributed by atoms with Crippen LogP contribution < -0.4 is 20.1 Å². The summed E-state index contributed by atoms with van der Waals surface area (Å²) in [4.78, 5) is 27.0. The van der Waals surface area contributed by atoms with E-state index < -0.39 is 37.3 Å². The summed E-state index contributed by atoms with van der Waals surface area (Å²) < 4.78 is 61.9. The fourth-order valence-corrected chi connectivity index (χ4v) is 7.59. The highest BCUT2D eigenvalue weighted by Gasteiger charge is 2.33. The molecule has 2 N–H and O–H groups in total. The van der Waals surface area contributed by atoms with Crippen molar-refractivity contribution in [1.82, 2.24) is 51.0 Å². The third-order valence-corrected chi connectivity index (χ3v) is 11.2. The van der Waals surface area contributed by atoms with Crippen molar-refractivity contribution in [2.45, 2.75) is 46.3 Å². The van der Waals surface area contributed by atoms with Gasteiger partial charge in [-0.1, -0.05) is 57.2 Å². The smallest absolute Gasteiger partial charge is 0.409 e. The number of rotatable bonds is 14. The van der Waals surface area contributed by atoms with E-state index in [9.17, 15) is 26.4 Å². The molecule has 0 aliphatic carbocycles. The van der Waals surface area contributed by atoms with Gasteiger partial charge in [-0.05, 0) is 80.1 Å². The molecule has 0 unspecified atom stereocenters. The Morgan fingerprint density at radius 3 is 1.59 bits per heavy atom. The van der Waals surface area contributed by atoms with Crippen LogP contribution in [0.25, 0.3) is 11.4 Å². The van der Waals surface area contributed by atoms with Gasteiger partial charge in [-0.15, -0.1) is 10.2 Å². The summed E-state index contributed by atoms with van der Waals surface area (Å²) in [5.41, 5.74) is 0.846. The minimum Gasteiger partial charge on any atom is -0.409 e. The average Bonchev–Trinajstić information content (AvgIpc) is 3.76. The lowest BCUT2D eigenvalue weighted by molar-refractivity contribution is 0.195. The third kappa shape index (κ3) is 11.0. The molecule has 5 aromatic rings. The summed E-state index contributed by atoms with van der Waals surface area (Å²) in [5.74, 6) is -0.645. The molecule has 0 spiro atoms. The molecular weight excluding hydrogens is 781 g/mol. The van der Waals surface area contributed by atoms with Crippen LogP contribution in [0.4, 0.5) is 9.59 Å². The highest BCUT2D eigenvalue weighted by Crippen LogP contribution is 2.52. The molecule has 286 valence electrons. The predicted octanol–water partition coefficient (Wildman–Crippen LogP) is 3.50. The number of amides is 2. The number of hydrogen-bond donors (Lipinski definition) is 2. The quantitative estimate of drug-likeness (QED) is 0.163. The monoisotopic (exact) mass is 816 g/mol. The Morgan fingerprint density at radius 2 is 1.15 bits per heavy atom. The van der Waals surface area contributed by atoms with Crippen LogP contribution in [0.15, 0.2) is 86.8 Å². The van der Waals surface area contributed by atoms with Gasteiger partial charge in [-0.2, -0.15) is 9.36 Å². The first-order valence-corrected chi connectivity index (χ1v) is 21.8. The molecule has 2 heterocycles. The van der Waals surface area contributed by atoms with Gasteiger partial charge >= 0.3 is 12.2 Å². The van der Waals surface area contributed by atoms with Crippen LogP contribution in [0.5, 0.6) is 11.5 Å². The number of tetrazole rings is 2. The van der Waals surface area contributed by atoms with E-state index in [1.807, 2.05) is 32.9 Å². The van der Waals surface area contributed by atoms with E-state index in [1.54, 1.807) is 48.5 Å². The van der Waals surface area contributed by atoms with E-state index in [1.165, 1.54) is 15.4 Å². The van der Waals surface area contributed by atoms with Crippen molar-refractivity contribution in [1.29, 1.82) is 0 Å². The van der Waals surface area contributed by atoms with Crippen LogP contribution in [0.3, 0.4) is 0 Å². The number of aromatic nitrogens is 8. The molecule has 18 nitrogen and oxygen atoms in total. The number of benzene rings is 3. The van der Waals surface area contributed by atoms with Gasteiger partial charge in [0.05, 0.1) is 32.7 Å². The van der Waals surface area contributed by atoms with Crippen LogP contribution in [0.1, 0.15) is 26.3 Å². The van der Waals surface area contributed by atoms with Crippen molar-refractivity contribution in [3.63, 3.8) is 0 Å². The van der Waals surface area contributed by atoms with Crippen molar-refractivity contribution in [3.8, 4) is 22.9 Å². The lowest BCUT2D eigenvalue weighted by Crippen LogP contribution is -2.32. The van der Waals surface area contributed by atoms with Gasteiger partial charge in [-0.25, -0.2) is 26.4 Å². The SMILES string of the molecule is CC(C)(C)c1cc(OC(=O)NCCS(C)(=O)=O)c(Sc2nnnn2-c2ccccc2)c(Sc2nnnn2-c2ccccc2)c1OC(=O)NCCS(C)(=O)=O. The molecule has 0 fully saturated rings. The second kappa shape index (κ2) is 17.0. The van der Waals surface area contributed by atoms with Crippen molar-refractivity contribution < 1.29 is 35.9 Å². The standard InChI is InChI=1S/C32H36N10O8S4/c1-32(2,3)23-20-24(49-30(43)33-16-18-53(4,45)46)26(51-28-35-37-39-41(28)21-12-8-6-9-13-21)27(25(23)50-31(44)34-17-19-54(5,47)48)52-29-36-38-40-42(29)22-14-10-7-11-15-22/h6-15,20H,16-19H2,1-5H3,(H,33,43)(H,34,44). The molecule has 3 aromatic carbocycles. The Labute approximate surface area is 319 Å². The van der Waals surface area contributed by atoms with E-state index in [0.717, 1.165) is 36.0 Å². The maximum absolute atomic E-state index is 13.4. The molecule has 0 aliphatic rings. The second-order valence-electron chi connectivity index (χ2n) is 12.7. The molecule has 2 amide bonds. The normalized spacial score (nSPS) is 11.9. The first-order chi connectivity index (χ1) is 25.5. The van der Waals surface area contributed by atoms with Crippen LogP contribution in [-0.2, 0) is 25.1 Å². The first-order valence-electron chi connectivity index (χ1n) is 16.0. The van der Waals surface area contributed by atoms with Crippen LogP contribution in [0.2, 0.25) is 0 Å². The van der Waals surface area contributed by atoms with Crippen molar-refractivity contribution in [2.75, 3.05) is 37.1 Å². The van der Waals surface area contributed by atoms with E-state index in [0.29, 0.717) is 16.9 Å². The maximum atomic E-state index is 13.4. The predicted molar refractivity (Wildman–Crippen MR) is 199 cm³/mol. The number of ether oxygens (including phenoxy) is 2. The van der Waals surface area contributed by atoms with Crippen molar-refractivity contribution in [3.05, 3.63) is 72.3 Å². The van der Waals surface area contributed by atoms with E-state index >= 15 is 0 Å². The largest absolute Gasteiger partial charge is 0.412 e. The summed E-state index contributed by atoms with van der Waals surface area (Å²) in [7, 11) is -6.80. The van der Waals surface area contributed by atoms with Gasteiger partial charge in [0.15, 0.2) is 5.75 Å². The number of para-hydroxylation sites is 2. The molecule has 54 heavy (non-hydrogen) atoms. The maximum Gasteiger partial charge on any atom is 0.412 e.